The highest BCUT2D eigenvalue weighted by molar-refractivity contribution is 7.58. The van der Waals surface area contributed by atoms with E-state index in [1.807, 2.05) is 6.92 Å². The molecule has 0 bridgehead atoms. The predicted molar refractivity (Wildman–Crippen MR) is 339 cm³/mol. The van der Waals surface area contributed by atoms with Crippen molar-refractivity contribution in [2.24, 2.45) is 15.9 Å². The molecule has 82 heavy (non-hydrogen) atoms. The topological polar surface area (TPSA) is 179 Å². The van der Waals surface area contributed by atoms with Crippen LogP contribution in [0.3, 0.4) is 0 Å². The molecule has 1 aromatic rings. The predicted octanol–water partition coefficient (Wildman–Crippen LogP) is 15.5. The Labute approximate surface area is 501 Å². The van der Waals surface area contributed by atoms with E-state index in [0.717, 1.165) is 61.3 Å². The van der Waals surface area contributed by atoms with Crippen LogP contribution >= 0.6 is 7.37 Å². The molecule has 0 heterocycles. The highest BCUT2D eigenvalue weighted by Crippen LogP contribution is 2.42. The van der Waals surface area contributed by atoms with Crippen LogP contribution in [0.4, 0.5) is 0 Å². The van der Waals surface area contributed by atoms with Gasteiger partial charge in [0.1, 0.15) is 5.71 Å². The van der Waals surface area contributed by atoms with Crippen molar-refractivity contribution in [1.29, 1.82) is 0 Å². The van der Waals surface area contributed by atoms with E-state index in [1.54, 1.807) is 12.9 Å². The van der Waals surface area contributed by atoms with Gasteiger partial charge in [0, 0.05) is 19.0 Å². The zero-order chi connectivity index (χ0) is 59.2. The van der Waals surface area contributed by atoms with E-state index in [1.165, 1.54) is 154 Å². The number of nitrogens with two attached hydrogens (primary N) is 1. The van der Waals surface area contributed by atoms with Crippen molar-refractivity contribution in [1.82, 2.24) is 0 Å². The summed E-state index contributed by atoms with van der Waals surface area (Å²) in [5.41, 5.74) is 1.51. The molecule has 0 saturated heterocycles. The van der Waals surface area contributed by atoms with Crippen molar-refractivity contribution in [3.8, 4) is 17.2 Å². The van der Waals surface area contributed by atoms with Gasteiger partial charge in [-0.05, 0) is 43.9 Å². The van der Waals surface area contributed by atoms with Crippen molar-refractivity contribution >= 4 is 19.3 Å². The number of hydrogen-bond donors (Lipinski definition) is 1. The van der Waals surface area contributed by atoms with E-state index < -0.39 is 7.37 Å². The summed E-state index contributed by atoms with van der Waals surface area (Å²) in [5.74, 6) is 7.99. The normalized spacial score (nSPS) is 12.7. The van der Waals surface area contributed by atoms with Gasteiger partial charge >= 0.3 is 0 Å². The third kappa shape index (κ3) is 52.0. The number of ether oxygens (including phenoxy) is 11. The van der Waals surface area contributed by atoms with E-state index in [2.05, 4.69) is 38.0 Å². The van der Waals surface area contributed by atoms with Gasteiger partial charge < -0.3 is 62.5 Å². The minimum Gasteiger partial charge on any atom is -0.490 e. The van der Waals surface area contributed by atoms with Gasteiger partial charge in [0.05, 0.1) is 139 Å². The molecule has 0 radical (unpaired) electrons. The van der Waals surface area contributed by atoms with Crippen LogP contribution in [0, 0.1) is 0 Å². The van der Waals surface area contributed by atoms with Gasteiger partial charge in [-0.2, -0.15) is 5.10 Å². The number of hydrazone groups is 1. The zero-order valence-corrected chi connectivity index (χ0v) is 54.1. The Hall–Kier alpha value is -2.37. The van der Waals surface area contributed by atoms with Crippen LogP contribution in [0.1, 0.15) is 226 Å². The Morgan fingerprint density at radius 1 is 0.415 bits per heavy atom. The van der Waals surface area contributed by atoms with Crippen molar-refractivity contribution in [3.63, 3.8) is 0 Å². The second-order valence-electron chi connectivity index (χ2n) is 21.6. The Morgan fingerprint density at radius 2 is 0.720 bits per heavy atom. The molecular weight excluding hydrogens is 1060 g/mol. The summed E-state index contributed by atoms with van der Waals surface area (Å²) in [6.07, 6.45) is 40.4. The highest BCUT2D eigenvalue weighted by Gasteiger charge is 2.17. The second kappa shape index (κ2) is 61.7. The first kappa shape index (κ1) is 77.6. The average Bonchev–Trinajstić information content (AvgIpc) is 3.68. The largest absolute Gasteiger partial charge is 0.490 e. The molecule has 1 unspecified atom stereocenters. The lowest BCUT2D eigenvalue weighted by atomic mass is 10.1. The van der Waals surface area contributed by atoms with E-state index >= 15 is 0 Å². The van der Waals surface area contributed by atoms with Gasteiger partial charge in [-0.15, -0.1) is 0 Å². The second-order valence-corrected chi connectivity index (χ2v) is 24.3. The van der Waals surface area contributed by atoms with Gasteiger partial charge in [0.15, 0.2) is 11.5 Å². The summed E-state index contributed by atoms with van der Waals surface area (Å²) in [4.78, 5) is 4.75. The smallest absolute Gasteiger partial charge is 0.203 e. The average molecular weight is 1190 g/mol. The molecule has 0 spiro atoms. The van der Waals surface area contributed by atoms with E-state index in [4.69, 9.17) is 67.5 Å². The summed E-state index contributed by atoms with van der Waals surface area (Å²) in [5, 5.41) is 3.94. The fraction of sp³-hybridized carbons (Fsp3) is 0.877. The minimum absolute atomic E-state index is 0.217. The van der Waals surface area contributed by atoms with Crippen LogP contribution < -0.4 is 20.1 Å². The molecule has 0 amide bonds. The van der Waals surface area contributed by atoms with E-state index in [0.29, 0.717) is 144 Å². The third-order valence-corrected chi connectivity index (χ3v) is 15.7. The van der Waals surface area contributed by atoms with Crippen molar-refractivity contribution in [3.05, 3.63) is 17.7 Å². The molecule has 0 aliphatic carbocycles. The number of unbranched alkanes of at least 4 members (excludes halogenated alkanes) is 27. The van der Waals surface area contributed by atoms with E-state index in [-0.39, 0.29) is 6.61 Å². The first-order chi connectivity index (χ1) is 40.4. The molecule has 0 saturated carbocycles. The Balaban J connectivity index is 2.55. The Morgan fingerprint density at radius 3 is 1.05 bits per heavy atom. The fourth-order valence-electron chi connectivity index (χ4n) is 9.03. The molecule has 0 aliphatic rings. The molecule has 1 atom stereocenters. The standard InChI is InChI=1S/C65H124N3O13P/c1-6-10-13-16-19-22-25-28-31-34-37-78-63-56-61(57-64(79-38-35-32-29-26-23-20-17-14-11-7-2)65(63)80-39-36-33-30-27-24-21-18-15-12-8-3)58-67-59-62(68-66)60-77-53-52-75-49-48-73-45-44-71-41-40-70-42-43-72-46-47-74-50-51-76-54-55-82(5,69)81-9-4/h56-57,59H,6-55,58,60,66H2,1-5H3. The van der Waals surface area contributed by atoms with Crippen LogP contribution in [-0.4, -0.2) is 157 Å². The van der Waals surface area contributed by atoms with Gasteiger partial charge in [-0.25, -0.2) is 0 Å². The van der Waals surface area contributed by atoms with Crippen molar-refractivity contribution < 1.29 is 61.2 Å². The van der Waals surface area contributed by atoms with Crippen LogP contribution in [0.15, 0.2) is 22.2 Å². The summed E-state index contributed by atoms with van der Waals surface area (Å²) in [6.45, 7) is 20.1. The van der Waals surface area contributed by atoms with Gasteiger partial charge in [-0.3, -0.25) is 9.56 Å². The fourth-order valence-corrected chi connectivity index (χ4v) is 10.2. The molecule has 0 fully saturated rings. The summed E-state index contributed by atoms with van der Waals surface area (Å²) in [7, 11) is -2.55. The molecular formula is C65H124N3O13P. The molecule has 0 aliphatic heterocycles. The number of aliphatic imine (C=N–C) groups is 1. The summed E-state index contributed by atoms with van der Waals surface area (Å²) in [6, 6.07) is 4.16. The Bertz CT molecular complexity index is 1560. The summed E-state index contributed by atoms with van der Waals surface area (Å²) >= 11 is 0. The van der Waals surface area contributed by atoms with Gasteiger partial charge in [-0.1, -0.05) is 194 Å². The van der Waals surface area contributed by atoms with Crippen molar-refractivity contribution in [2.75, 3.05) is 145 Å². The maximum absolute atomic E-state index is 12.0. The number of rotatable bonds is 67. The maximum atomic E-state index is 12.0. The molecule has 17 heteroatoms. The molecule has 0 aromatic heterocycles. The number of hydrogen-bond acceptors (Lipinski definition) is 16. The zero-order valence-electron chi connectivity index (χ0n) is 53.2. The lowest BCUT2D eigenvalue weighted by molar-refractivity contribution is -0.0221. The number of benzene rings is 1. The van der Waals surface area contributed by atoms with Gasteiger partial charge in [0.25, 0.3) is 0 Å². The first-order valence-electron chi connectivity index (χ1n) is 33.0. The maximum Gasteiger partial charge on any atom is 0.203 e. The molecule has 16 nitrogen and oxygen atoms in total. The number of nitrogens with zero attached hydrogens (tertiary/aromatic N) is 2. The lowest BCUT2D eigenvalue weighted by Crippen LogP contribution is -2.17. The SMILES string of the molecule is CCCCCCCCCCCCOc1cc(CN=CC(COCCOCCOCCOCCOCCOCCOCCOCCP(C)(=O)OCC)=NN)cc(OCCCCCCCCCCCC)c1OCCCCCCCCCCCC. The minimum atomic E-state index is -2.55. The monoisotopic (exact) mass is 1190 g/mol. The van der Waals surface area contributed by atoms with E-state index in [9.17, 15) is 4.57 Å². The summed E-state index contributed by atoms with van der Waals surface area (Å²) < 4.78 is 81.8. The lowest BCUT2D eigenvalue weighted by Gasteiger charge is -2.19. The molecule has 2 N–H and O–H groups in total. The molecule has 482 valence electrons. The van der Waals surface area contributed by atoms with Crippen molar-refractivity contribution in [2.45, 2.75) is 227 Å². The third-order valence-electron chi connectivity index (χ3n) is 13.9. The van der Waals surface area contributed by atoms with Crippen LogP contribution in [0.2, 0.25) is 0 Å². The van der Waals surface area contributed by atoms with Crippen LogP contribution in [0.5, 0.6) is 17.2 Å². The van der Waals surface area contributed by atoms with Crippen LogP contribution in [-0.2, 0) is 53.5 Å². The highest BCUT2D eigenvalue weighted by atomic mass is 31.2. The molecule has 1 rings (SSSR count). The quantitative estimate of drug-likeness (QED) is 0.0214. The molecule has 1 aromatic carbocycles. The Kier molecular flexibility index (Phi) is 58.4. The van der Waals surface area contributed by atoms with Crippen LogP contribution in [0.25, 0.3) is 0 Å². The van der Waals surface area contributed by atoms with Gasteiger partial charge in [0.2, 0.25) is 13.1 Å². The first-order valence-corrected chi connectivity index (χ1v) is 35.3.